The number of rotatable bonds is 8. The van der Waals surface area contributed by atoms with Crippen LogP contribution in [-0.2, 0) is 16.5 Å². The molecule has 1 aliphatic rings. The maximum Gasteiger partial charge on any atom is 0.149 e. The molecule has 0 amide bonds. The zero-order valence-electron chi connectivity index (χ0n) is 12.2. The van der Waals surface area contributed by atoms with E-state index < -0.39 is 6.10 Å². The van der Waals surface area contributed by atoms with Crippen molar-refractivity contribution < 1.29 is 14.6 Å². The third kappa shape index (κ3) is 4.52. The predicted molar refractivity (Wildman–Crippen MR) is 73.2 cm³/mol. The van der Waals surface area contributed by atoms with E-state index in [0.717, 1.165) is 25.3 Å². The van der Waals surface area contributed by atoms with Gasteiger partial charge in [-0.25, -0.2) is 0 Å². The highest BCUT2D eigenvalue weighted by molar-refractivity contribution is 4.92. The third-order valence-corrected chi connectivity index (χ3v) is 3.43. The number of nitrogens with one attached hydrogen (secondary N) is 1. The highest BCUT2D eigenvalue weighted by Crippen LogP contribution is 2.12. The van der Waals surface area contributed by atoms with Crippen LogP contribution in [0.5, 0.6) is 0 Å². The van der Waals surface area contributed by atoms with Gasteiger partial charge in [-0.2, -0.15) is 0 Å². The summed E-state index contributed by atoms with van der Waals surface area (Å²) in [5.41, 5.74) is 0. The second kappa shape index (κ2) is 7.68. The lowest BCUT2D eigenvalue weighted by molar-refractivity contribution is -0.0169. The van der Waals surface area contributed by atoms with Gasteiger partial charge in [0.2, 0.25) is 0 Å². The monoisotopic (exact) mass is 284 g/mol. The second-order valence-electron chi connectivity index (χ2n) is 5.26. The molecule has 20 heavy (non-hydrogen) atoms. The van der Waals surface area contributed by atoms with Crippen LogP contribution in [0.2, 0.25) is 0 Å². The minimum absolute atomic E-state index is 0.0373. The fourth-order valence-electron chi connectivity index (χ4n) is 2.26. The average Bonchev–Trinajstić information content (AvgIpc) is 3.07. The molecule has 2 N–H and O–H groups in total. The van der Waals surface area contributed by atoms with Crippen molar-refractivity contribution in [1.29, 1.82) is 0 Å². The summed E-state index contributed by atoms with van der Waals surface area (Å²) in [5, 5.41) is 21.0. The average molecular weight is 284 g/mol. The van der Waals surface area contributed by atoms with Crippen molar-refractivity contribution in [1.82, 2.24) is 20.1 Å². The molecule has 2 heterocycles. The summed E-state index contributed by atoms with van der Waals surface area (Å²) in [5.74, 6) is 0.845. The summed E-state index contributed by atoms with van der Waals surface area (Å²) < 4.78 is 12.8. The summed E-state index contributed by atoms with van der Waals surface area (Å²) in [6.45, 7) is 4.16. The van der Waals surface area contributed by atoms with Crippen molar-refractivity contribution in [2.24, 2.45) is 7.05 Å². The molecule has 0 saturated carbocycles. The Balaban J connectivity index is 1.59. The minimum Gasteiger partial charge on any atom is -0.389 e. The van der Waals surface area contributed by atoms with E-state index in [1.807, 2.05) is 18.5 Å². The molecule has 3 unspecified atom stereocenters. The summed E-state index contributed by atoms with van der Waals surface area (Å²) in [6, 6.07) is 0.0373. The van der Waals surface area contributed by atoms with Gasteiger partial charge in [0.25, 0.3) is 0 Å². The molecule has 7 nitrogen and oxygen atoms in total. The van der Waals surface area contributed by atoms with Crippen LogP contribution in [0.25, 0.3) is 0 Å². The first kappa shape index (κ1) is 15.4. The van der Waals surface area contributed by atoms with Gasteiger partial charge < -0.3 is 24.5 Å². The first-order valence-corrected chi connectivity index (χ1v) is 7.11. The third-order valence-electron chi connectivity index (χ3n) is 3.43. The number of aliphatic hydroxyl groups is 1. The van der Waals surface area contributed by atoms with E-state index in [1.54, 1.807) is 6.33 Å². The number of aliphatic hydroxyl groups excluding tert-OH is 1. The van der Waals surface area contributed by atoms with Gasteiger partial charge in [0.05, 0.1) is 31.5 Å². The summed E-state index contributed by atoms with van der Waals surface area (Å²) in [7, 11) is 1.90. The molecule has 0 aliphatic carbocycles. The first-order valence-electron chi connectivity index (χ1n) is 7.11. The van der Waals surface area contributed by atoms with Crippen LogP contribution in [0.3, 0.4) is 0 Å². The van der Waals surface area contributed by atoms with E-state index in [0.29, 0.717) is 19.8 Å². The molecule has 7 heteroatoms. The second-order valence-corrected chi connectivity index (χ2v) is 5.26. The number of ether oxygens (including phenoxy) is 2. The van der Waals surface area contributed by atoms with Gasteiger partial charge in [-0.05, 0) is 19.8 Å². The van der Waals surface area contributed by atoms with E-state index >= 15 is 0 Å². The van der Waals surface area contributed by atoms with E-state index in [2.05, 4.69) is 15.5 Å². The van der Waals surface area contributed by atoms with Gasteiger partial charge in [0, 0.05) is 20.2 Å². The Labute approximate surface area is 119 Å². The predicted octanol–water partition coefficient (Wildman–Crippen LogP) is 0.0222. The van der Waals surface area contributed by atoms with Gasteiger partial charge >= 0.3 is 0 Å². The summed E-state index contributed by atoms with van der Waals surface area (Å²) >= 11 is 0. The molecule has 1 aromatic rings. The Hall–Kier alpha value is -1.02. The van der Waals surface area contributed by atoms with Crippen molar-refractivity contribution >= 4 is 0 Å². The zero-order chi connectivity index (χ0) is 14.4. The van der Waals surface area contributed by atoms with Crippen LogP contribution in [-0.4, -0.2) is 58.4 Å². The maximum absolute atomic E-state index is 9.87. The molecule has 3 atom stereocenters. The fourth-order valence-corrected chi connectivity index (χ4v) is 2.26. The Morgan fingerprint density at radius 1 is 1.65 bits per heavy atom. The molecular formula is C13H24N4O3. The summed E-state index contributed by atoms with van der Waals surface area (Å²) in [6.07, 6.45) is 3.49. The van der Waals surface area contributed by atoms with Gasteiger partial charge in [0.15, 0.2) is 0 Å². The highest BCUT2D eigenvalue weighted by Gasteiger charge is 2.17. The maximum atomic E-state index is 9.87. The number of aromatic nitrogens is 3. The van der Waals surface area contributed by atoms with Crippen molar-refractivity contribution in [3.63, 3.8) is 0 Å². The van der Waals surface area contributed by atoms with Crippen LogP contribution in [0.15, 0.2) is 6.33 Å². The van der Waals surface area contributed by atoms with E-state index in [9.17, 15) is 5.11 Å². The van der Waals surface area contributed by atoms with Gasteiger partial charge in [-0.15, -0.1) is 10.2 Å². The molecule has 1 aliphatic heterocycles. The topological polar surface area (TPSA) is 81.4 Å². The first-order chi connectivity index (χ1) is 9.66. The van der Waals surface area contributed by atoms with Crippen molar-refractivity contribution in [2.75, 3.05) is 26.4 Å². The standard InChI is InChI=1S/C13H24N4O3/c1-10(13-16-15-9-17(13)2)14-6-11(18)7-19-8-12-4-3-5-20-12/h9-12,14,18H,3-8H2,1-2H3. The quantitative estimate of drug-likeness (QED) is 0.700. The Morgan fingerprint density at radius 3 is 3.15 bits per heavy atom. The smallest absolute Gasteiger partial charge is 0.149 e. The van der Waals surface area contributed by atoms with Crippen LogP contribution < -0.4 is 5.32 Å². The molecule has 1 fully saturated rings. The Kier molecular flexibility index (Phi) is 5.90. The van der Waals surface area contributed by atoms with Gasteiger partial charge in [-0.3, -0.25) is 0 Å². The SMILES string of the molecule is CC(NCC(O)COCC1CCCO1)c1nncn1C. The van der Waals surface area contributed by atoms with Crippen LogP contribution in [0.4, 0.5) is 0 Å². The fraction of sp³-hybridized carbons (Fsp3) is 0.846. The molecule has 1 aromatic heterocycles. The van der Waals surface area contributed by atoms with Crippen LogP contribution in [0.1, 0.15) is 31.6 Å². The highest BCUT2D eigenvalue weighted by atomic mass is 16.5. The number of hydrogen-bond acceptors (Lipinski definition) is 6. The van der Waals surface area contributed by atoms with E-state index in [1.165, 1.54) is 0 Å². The normalized spacial score (nSPS) is 22.1. The lowest BCUT2D eigenvalue weighted by Gasteiger charge is -2.17. The number of hydrogen-bond donors (Lipinski definition) is 2. The van der Waals surface area contributed by atoms with Gasteiger partial charge in [0.1, 0.15) is 12.2 Å². The van der Waals surface area contributed by atoms with Crippen LogP contribution in [0, 0.1) is 0 Å². The van der Waals surface area contributed by atoms with Gasteiger partial charge in [-0.1, -0.05) is 0 Å². The van der Waals surface area contributed by atoms with E-state index in [4.69, 9.17) is 9.47 Å². The molecule has 0 spiro atoms. The van der Waals surface area contributed by atoms with Crippen LogP contribution >= 0.6 is 0 Å². The molecular weight excluding hydrogens is 260 g/mol. The van der Waals surface area contributed by atoms with Crippen molar-refractivity contribution in [3.8, 4) is 0 Å². The molecule has 0 radical (unpaired) electrons. The largest absolute Gasteiger partial charge is 0.389 e. The lowest BCUT2D eigenvalue weighted by Crippen LogP contribution is -2.33. The molecule has 2 rings (SSSR count). The Morgan fingerprint density at radius 2 is 2.50 bits per heavy atom. The molecule has 114 valence electrons. The number of nitrogens with zero attached hydrogens (tertiary/aromatic N) is 3. The lowest BCUT2D eigenvalue weighted by atomic mass is 10.2. The molecule has 0 bridgehead atoms. The Bertz CT molecular complexity index is 393. The summed E-state index contributed by atoms with van der Waals surface area (Å²) in [4.78, 5) is 0. The van der Waals surface area contributed by atoms with Crippen molar-refractivity contribution in [2.45, 2.75) is 38.0 Å². The minimum atomic E-state index is -0.535. The van der Waals surface area contributed by atoms with E-state index in [-0.39, 0.29) is 12.1 Å². The number of aryl methyl sites for hydroxylation is 1. The molecule has 1 saturated heterocycles. The zero-order valence-corrected chi connectivity index (χ0v) is 12.2. The molecule has 0 aromatic carbocycles. The van der Waals surface area contributed by atoms with Crippen molar-refractivity contribution in [3.05, 3.63) is 12.2 Å².